The Morgan fingerprint density at radius 1 is 1.10 bits per heavy atom. The van der Waals surface area contributed by atoms with E-state index in [0.29, 0.717) is 5.92 Å². The molecular weight excluding hydrogens is 410 g/mol. The van der Waals surface area contributed by atoms with Crippen molar-refractivity contribution in [3.63, 3.8) is 0 Å². The van der Waals surface area contributed by atoms with Crippen molar-refractivity contribution in [1.29, 1.82) is 0 Å². The van der Waals surface area contributed by atoms with Gasteiger partial charge in [0.25, 0.3) is 5.91 Å². The Kier molecular flexibility index (Phi) is 4.39. The molecule has 2 bridgehead atoms. The number of carbonyl (C=O) groups is 1. The molecule has 1 N–H and O–H groups in total. The van der Waals surface area contributed by atoms with E-state index in [2.05, 4.69) is 25.4 Å². The third-order valence-corrected chi connectivity index (χ3v) is 7.43. The number of piperidine rings is 3. The first-order chi connectivity index (χ1) is 15.1. The average Bonchev–Trinajstić information content (AvgIpc) is 3.53. The van der Waals surface area contributed by atoms with Crippen LogP contribution in [0.25, 0.3) is 27.9 Å². The second kappa shape index (κ2) is 7.28. The lowest BCUT2D eigenvalue weighted by atomic mass is 9.84. The number of hydrogen-bond acceptors (Lipinski definition) is 6. The number of hydrogen-bond donors (Lipinski definition) is 1. The number of rotatable bonds is 4. The number of thiophene rings is 1. The van der Waals surface area contributed by atoms with Gasteiger partial charge >= 0.3 is 0 Å². The van der Waals surface area contributed by atoms with Crippen LogP contribution in [0.5, 0.6) is 0 Å². The van der Waals surface area contributed by atoms with Gasteiger partial charge in [0.05, 0.1) is 17.3 Å². The molecule has 3 saturated heterocycles. The van der Waals surface area contributed by atoms with E-state index in [1.54, 1.807) is 9.20 Å². The van der Waals surface area contributed by atoms with Gasteiger partial charge in [0, 0.05) is 54.9 Å². The number of fused-ring (bicyclic) bond motifs is 4. The summed E-state index contributed by atoms with van der Waals surface area (Å²) in [7, 11) is 1.89. The highest BCUT2D eigenvalue weighted by Crippen LogP contribution is 2.31. The van der Waals surface area contributed by atoms with Crippen LogP contribution in [-0.2, 0) is 7.05 Å². The zero-order valence-corrected chi connectivity index (χ0v) is 18.0. The molecule has 0 saturated carbocycles. The zero-order chi connectivity index (χ0) is 20.9. The largest absolute Gasteiger partial charge is 0.347 e. The third-order valence-electron chi connectivity index (χ3n) is 6.50. The molecule has 7 rings (SSSR count). The van der Waals surface area contributed by atoms with Crippen molar-refractivity contribution in [3.05, 3.63) is 47.3 Å². The molecule has 0 aromatic carbocycles. The van der Waals surface area contributed by atoms with Gasteiger partial charge in [0.2, 0.25) is 0 Å². The first kappa shape index (κ1) is 18.7. The number of aryl methyl sites for hydroxylation is 1. The first-order valence-electron chi connectivity index (χ1n) is 10.6. The molecule has 1 amide bonds. The lowest BCUT2D eigenvalue weighted by molar-refractivity contribution is 0.0622. The highest BCUT2D eigenvalue weighted by molar-refractivity contribution is 7.12. The summed E-state index contributed by atoms with van der Waals surface area (Å²) in [5.74, 6) is 0.643. The topological polar surface area (TPSA) is 80.4 Å². The SMILES string of the molecule is Cn1cc(-c2cnc3c(-c4csc(C(=O)N[C@H]5CN6CCC5CC6)c4)cnn3c2)cn1. The van der Waals surface area contributed by atoms with Crippen molar-refractivity contribution >= 4 is 22.9 Å². The van der Waals surface area contributed by atoms with Crippen molar-refractivity contribution in [2.24, 2.45) is 13.0 Å². The molecule has 158 valence electrons. The quantitative estimate of drug-likeness (QED) is 0.535. The number of carbonyl (C=O) groups excluding carboxylic acids is 1. The summed E-state index contributed by atoms with van der Waals surface area (Å²) in [6, 6.07) is 2.22. The van der Waals surface area contributed by atoms with Crippen LogP contribution in [0.1, 0.15) is 22.5 Å². The smallest absolute Gasteiger partial charge is 0.261 e. The Bertz CT molecular complexity index is 1260. The van der Waals surface area contributed by atoms with Crippen LogP contribution in [0.15, 0.2) is 42.4 Å². The maximum absolute atomic E-state index is 12.9. The summed E-state index contributed by atoms with van der Waals surface area (Å²) in [6.07, 6.45) is 11.7. The maximum atomic E-state index is 12.9. The second-order valence-electron chi connectivity index (χ2n) is 8.49. The van der Waals surface area contributed by atoms with Gasteiger partial charge in [-0.2, -0.15) is 10.2 Å². The van der Waals surface area contributed by atoms with Crippen LogP contribution in [0.4, 0.5) is 0 Å². The summed E-state index contributed by atoms with van der Waals surface area (Å²) in [5.41, 5.74) is 4.63. The van der Waals surface area contributed by atoms with Crippen molar-refractivity contribution in [3.8, 4) is 22.3 Å². The molecule has 0 radical (unpaired) electrons. The second-order valence-corrected chi connectivity index (χ2v) is 9.40. The van der Waals surface area contributed by atoms with Crippen LogP contribution in [-0.4, -0.2) is 60.9 Å². The van der Waals surface area contributed by atoms with Crippen LogP contribution in [0.3, 0.4) is 0 Å². The molecule has 3 aliphatic rings. The summed E-state index contributed by atoms with van der Waals surface area (Å²) >= 11 is 1.47. The van der Waals surface area contributed by atoms with E-state index in [-0.39, 0.29) is 11.9 Å². The predicted octanol–water partition coefficient (Wildman–Crippen LogP) is 2.68. The van der Waals surface area contributed by atoms with Crippen molar-refractivity contribution in [1.82, 2.24) is 34.6 Å². The van der Waals surface area contributed by atoms with E-state index in [1.165, 1.54) is 37.3 Å². The molecule has 31 heavy (non-hydrogen) atoms. The van der Waals surface area contributed by atoms with E-state index in [1.807, 2.05) is 49.5 Å². The molecule has 4 aromatic rings. The minimum absolute atomic E-state index is 0.0262. The predicted molar refractivity (Wildman–Crippen MR) is 119 cm³/mol. The van der Waals surface area contributed by atoms with Crippen molar-refractivity contribution < 1.29 is 4.79 Å². The molecule has 7 heterocycles. The van der Waals surface area contributed by atoms with Gasteiger partial charge in [0.15, 0.2) is 5.65 Å². The summed E-state index contributed by atoms with van der Waals surface area (Å²) in [6.45, 7) is 3.32. The molecule has 3 aliphatic heterocycles. The van der Waals surface area contributed by atoms with Crippen LogP contribution >= 0.6 is 11.3 Å². The highest BCUT2D eigenvalue weighted by Gasteiger charge is 2.35. The molecule has 3 fully saturated rings. The molecule has 1 atom stereocenters. The van der Waals surface area contributed by atoms with Gasteiger partial charge in [-0.1, -0.05) is 0 Å². The maximum Gasteiger partial charge on any atom is 0.261 e. The van der Waals surface area contributed by atoms with Crippen molar-refractivity contribution in [2.45, 2.75) is 18.9 Å². The molecule has 9 heteroatoms. The summed E-state index contributed by atoms with van der Waals surface area (Å²) in [4.78, 5) is 20.7. The van der Waals surface area contributed by atoms with Gasteiger partial charge in [-0.3, -0.25) is 9.48 Å². The van der Waals surface area contributed by atoms with E-state index < -0.39 is 0 Å². The monoisotopic (exact) mass is 433 g/mol. The molecule has 4 aromatic heterocycles. The van der Waals surface area contributed by atoms with Crippen LogP contribution < -0.4 is 5.32 Å². The number of nitrogens with zero attached hydrogens (tertiary/aromatic N) is 6. The lowest BCUT2D eigenvalue weighted by Gasteiger charge is -2.44. The summed E-state index contributed by atoms with van der Waals surface area (Å²) < 4.78 is 3.55. The zero-order valence-electron chi connectivity index (χ0n) is 17.2. The van der Waals surface area contributed by atoms with Gasteiger partial charge in [0.1, 0.15) is 0 Å². The number of amides is 1. The Morgan fingerprint density at radius 3 is 2.68 bits per heavy atom. The van der Waals surface area contributed by atoms with Gasteiger partial charge < -0.3 is 10.2 Å². The highest BCUT2D eigenvalue weighted by atomic mass is 32.1. The minimum atomic E-state index is 0.0262. The standard InChI is InChI=1S/C22H23N7OS/c1-27-10-17(8-24-27)16-7-23-21-18(9-25-29(21)11-16)15-6-20(31-13-15)22(30)26-19-12-28-4-2-14(19)3-5-28/h6-11,13-14,19H,2-5,12H2,1H3,(H,26,30)/t19-/m0/s1. The van der Waals surface area contributed by atoms with Crippen LogP contribution in [0.2, 0.25) is 0 Å². The Balaban J connectivity index is 1.23. The fourth-order valence-electron chi connectivity index (χ4n) is 4.76. The Hall–Kier alpha value is -3.04. The summed E-state index contributed by atoms with van der Waals surface area (Å²) in [5, 5.41) is 14.0. The lowest BCUT2D eigenvalue weighted by Crippen LogP contribution is -2.57. The molecule has 0 aliphatic carbocycles. The Morgan fingerprint density at radius 2 is 1.94 bits per heavy atom. The van der Waals surface area contributed by atoms with E-state index >= 15 is 0 Å². The van der Waals surface area contributed by atoms with E-state index in [0.717, 1.165) is 39.3 Å². The minimum Gasteiger partial charge on any atom is -0.347 e. The first-order valence-corrected chi connectivity index (χ1v) is 11.5. The molecule has 0 unspecified atom stereocenters. The normalized spacial score (nSPS) is 22.8. The van der Waals surface area contributed by atoms with E-state index in [4.69, 9.17) is 0 Å². The Labute approximate surface area is 183 Å². The average molecular weight is 434 g/mol. The fourth-order valence-corrected chi connectivity index (χ4v) is 5.57. The fraction of sp³-hybridized carbons (Fsp3) is 0.364. The molecule has 8 nitrogen and oxygen atoms in total. The molecule has 0 spiro atoms. The van der Waals surface area contributed by atoms with Gasteiger partial charge in [-0.05, 0) is 48.9 Å². The van der Waals surface area contributed by atoms with Crippen molar-refractivity contribution in [2.75, 3.05) is 19.6 Å². The van der Waals surface area contributed by atoms with Crippen LogP contribution in [0, 0.1) is 5.92 Å². The molecular formula is C22H23N7OS. The van der Waals surface area contributed by atoms with E-state index in [9.17, 15) is 4.79 Å². The third kappa shape index (κ3) is 3.34. The number of nitrogens with one attached hydrogen (secondary N) is 1. The van der Waals surface area contributed by atoms with Gasteiger partial charge in [-0.15, -0.1) is 11.3 Å². The van der Waals surface area contributed by atoms with Gasteiger partial charge in [-0.25, -0.2) is 9.50 Å². The number of aromatic nitrogens is 5.